The molecule has 4 nitrogen and oxygen atoms in total. The summed E-state index contributed by atoms with van der Waals surface area (Å²) < 4.78 is 67.9. The Kier molecular flexibility index (Phi) is 4.58. The monoisotopic (exact) mass is 377 g/mol. The number of halogens is 3. The number of nitrogens with zero attached hydrogens (tertiary/aromatic N) is 1. The van der Waals surface area contributed by atoms with Crippen LogP contribution in [-0.2, 0) is 10.0 Å². The molecular formula is C15H14F3NO3S2. The molecule has 0 N–H and O–H groups in total. The minimum Gasteiger partial charge on any atom is -0.406 e. The van der Waals surface area contributed by atoms with Crippen LogP contribution >= 0.6 is 11.3 Å². The van der Waals surface area contributed by atoms with Gasteiger partial charge in [0.2, 0.25) is 10.0 Å². The van der Waals surface area contributed by atoms with Gasteiger partial charge in [-0.25, -0.2) is 8.42 Å². The Morgan fingerprint density at radius 3 is 2.67 bits per heavy atom. The van der Waals surface area contributed by atoms with Crippen molar-refractivity contribution in [2.75, 3.05) is 6.54 Å². The Balaban J connectivity index is 1.91. The topological polar surface area (TPSA) is 46.6 Å². The van der Waals surface area contributed by atoms with Gasteiger partial charge < -0.3 is 4.74 Å². The molecule has 2 aromatic rings. The Labute approximate surface area is 141 Å². The maximum Gasteiger partial charge on any atom is 0.573 e. The van der Waals surface area contributed by atoms with E-state index in [0.29, 0.717) is 19.4 Å². The number of hydrogen-bond donors (Lipinski definition) is 0. The molecule has 1 fully saturated rings. The molecule has 0 bridgehead atoms. The maximum absolute atomic E-state index is 12.9. The average molecular weight is 377 g/mol. The van der Waals surface area contributed by atoms with Crippen LogP contribution in [0.1, 0.15) is 23.8 Å². The van der Waals surface area contributed by atoms with E-state index in [9.17, 15) is 21.6 Å². The van der Waals surface area contributed by atoms with E-state index in [-0.39, 0.29) is 10.9 Å². The van der Waals surface area contributed by atoms with Crippen molar-refractivity contribution in [1.29, 1.82) is 0 Å². The van der Waals surface area contributed by atoms with E-state index in [2.05, 4.69) is 4.74 Å². The van der Waals surface area contributed by atoms with Gasteiger partial charge in [-0.2, -0.15) is 4.31 Å². The summed E-state index contributed by atoms with van der Waals surface area (Å²) in [4.78, 5) is 0.728. The quantitative estimate of drug-likeness (QED) is 0.803. The third-order valence-corrected chi connectivity index (χ3v) is 6.60. The zero-order valence-corrected chi connectivity index (χ0v) is 14.0. The minimum atomic E-state index is -4.87. The molecule has 1 aliphatic heterocycles. The zero-order chi connectivity index (χ0) is 17.4. The Morgan fingerprint density at radius 1 is 1.21 bits per heavy atom. The molecule has 1 aromatic heterocycles. The number of thiophene rings is 1. The average Bonchev–Trinajstić information content (AvgIpc) is 3.17. The SMILES string of the molecule is O=S(=O)(c1cccc(OC(F)(F)F)c1)N1CCCC1c1cccs1. The first kappa shape index (κ1) is 17.2. The van der Waals surface area contributed by atoms with Gasteiger partial charge in [0.15, 0.2) is 0 Å². The van der Waals surface area contributed by atoms with Gasteiger partial charge in [-0.1, -0.05) is 12.1 Å². The molecule has 1 aliphatic rings. The molecule has 1 aromatic carbocycles. The fourth-order valence-electron chi connectivity index (χ4n) is 2.76. The molecule has 0 radical (unpaired) electrons. The molecule has 130 valence electrons. The van der Waals surface area contributed by atoms with Gasteiger partial charge in [0, 0.05) is 17.5 Å². The molecule has 0 amide bonds. The van der Waals surface area contributed by atoms with E-state index in [1.54, 1.807) is 0 Å². The normalized spacial score (nSPS) is 19.5. The number of hydrogen-bond acceptors (Lipinski definition) is 4. The third kappa shape index (κ3) is 3.57. The second-order valence-electron chi connectivity index (χ2n) is 5.31. The van der Waals surface area contributed by atoms with Crippen molar-refractivity contribution in [3.8, 4) is 5.75 Å². The van der Waals surface area contributed by atoms with Crippen molar-refractivity contribution in [1.82, 2.24) is 4.31 Å². The Morgan fingerprint density at radius 2 is 2.00 bits per heavy atom. The summed E-state index contributed by atoms with van der Waals surface area (Å²) >= 11 is 1.47. The maximum atomic E-state index is 12.9. The number of rotatable bonds is 4. The summed E-state index contributed by atoms with van der Waals surface area (Å²) in [6, 6.07) is 7.95. The highest BCUT2D eigenvalue weighted by Gasteiger charge is 2.37. The van der Waals surface area contributed by atoms with Crippen LogP contribution in [0.15, 0.2) is 46.7 Å². The number of ether oxygens (including phenoxy) is 1. The highest BCUT2D eigenvalue weighted by Crippen LogP contribution is 2.39. The molecule has 1 saturated heterocycles. The first-order valence-electron chi connectivity index (χ1n) is 7.18. The van der Waals surface area contributed by atoms with Gasteiger partial charge in [-0.15, -0.1) is 24.5 Å². The van der Waals surface area contributed by atoms with Crippen LogP contribution in [0.3, 0.4) is 0 Å². The summed E-state index contributed by atoms with van der Waals surface area (Å²) in [5, 5.41) is 1.87. The second kappa shape index (κ2) is 6.38. The lowest BCUT2D eigenvalue weighted by Gasteiger charge is -2.23. The van der Waals surface area contributed by atoms with E-state index in [1.807, 2.05) is 17.5 Å². The molecule has 1 unspecified atom stereocenters. The first-order chi connectivity index (χ1) is 11.3. The van der Waals surface area contributed by atoms with Crippen molar-refractivity contribution in [2.24, 2.45) is 0 Å². The number of sulfonamides is 1. The molecule has 0 saturated carbocycles. The van der Waals surface area contributed by atoms with Crippen LogP contribution < -0.4 is 4.74 Å². The molecule has 1 atom stereocenters. The van der Waals surface area contributed by atoms with Gasteiger partial charge in [0.1, 0.15) is 5.75 Å². The lowest BCUT2D eigenvalue weighted by Crippen LogP contribution is -2.30. The zero-order valence-electron chi connectivity index (χ0n) is 12.4. The Bertz CT molecular complexity index is 804. The van der Waals surface area contributed by atoms with Crippen LogP contribution in [0.2, 0.25) is 0 Å². The van der Waals surface area contributed by atoms with Crippen LogP contribution in [0.4, 0.5) is 13.2 Å². The van der Waals surface area contributed by atoms with Crippen LogP contribution in [0.25, 0.3) is 0 Å². The van der Waals surface area contributed by atoms with Gasteiger partial charge >= 0.3 is 6.36 Å². The van der Waals surface area contributed by atoms with Gasteiger partial charge in [0.25, 0.3) is 0 Å². The molecule has 9 heteroatoms. The van der Waals surface area contributed by atoms with E-state index in [0.717, 1.165) is 17.0 Å². The van der Waals surface area contributed by atoms with Crippen molar-refractivity contribution in [3.05, 3.63) is 46.7 Å². The molecule has 3 rings (SSSR count). The predicted molar refractivity (Wildman–Crippen MR) is 83.3 cm³/mol. The number of benzene rings is 1. The molecule has 2 heterocycles. The van der Waals surface area contributed by atoms with Crippen LogP contribution in [0, 0.1) is 0 Å². The van der Waals surface area contributed by atoms with Gasteiger partial charge in [-0.3, -0.25) is 0 Å². The van der Waals surface area contributed by atoms with Crippen LogP contribution in [0.5, 0.6) is 5.75 Å². The smallest absolute Gasteiger partial charge is 0.406 e. The molecular weight excluding hydrogens is 363 g/mol. The van der Waals surface area contributed by atoms with Crippen molar-refractivity contribution in [3.63, 3.8) is 0 Å². The summed E-state index contributed by atoms with van der Waals surface area (Å²) in [5.74, 6) is -0.546. The lowest BCUT2D eigenvalue weighted by atomic mass is 10.2. The summed E-state index contributed by atoms with van der Waals surface area (Å²) in [6.45, 7) is 0.343. The molecule has 0 aliphatic carbocycles. The predicted octanol–water partition coefficient (Wildman–Crippen LogP) is 4.17. The van der Waals surface area contributed by atoms with E-state index >= 15 is 0 Å². The van der Waals surface area contributed by atoms with E-state index in [4.69, 9.17) is 0 Å². The Hall–Kier alpha value is -1.58. The summed E-state index contributed by atoms with van der Waals surface area (Å²) in [7, 11) is -3.90. The fraction of sp³-hybridized carbons (Fsp3) is 0.333. The van der Waals surface area contributed by atoms with Crippen molar-refractivity contribution >= 4 is 21.4 Å². The van der Waals surface area contributed by atoms with Gasteiger partial charge in [0.05, 0.1) is 10.9 Å². The summed E-state index contributed by atoms with van der Waals surface area (Å²) in [5.41, 5.74) is 0. The number of alkyl halides is 3. The summed E-state index contributed by atoms with van der Waals surface area (Å²) in [6.07, 6.45) is -3.46. The largest absolute Gasteiger partial charge is 0.573 e. The third-order valence-electron chi connectivity index (χ3n) is 3.72. The van der Waals surface area contributed by atoms with Crippen LogP contribution in [-0.4, -0.2) is 25.6 Å². The van der Waals surface area contributed by atoms with E-state index in [1.165, 1.54) is 27.8 Å². The van der Waals surface area contributed by atoms with Crippen molar-refractivity contribution < 1.29 is 26.3 Å². The highest BCUT2D eigenvalue weighted by molar-refractivity contribution is 7.89. The van der Waals surface area contributed by atoms with Gasteiger partial charge in [-0.05, 0) is 36.4 Å². The molecule has 0 spiro atoms. The van der Waals surface area contributed by atoms with E-state index < -0.39 is 22.1 Å². The highest BCUT2D eigenvalue weighted by atomic mass is 32.2. The second-order valence-corrected chi connectivity index (χ2v) is 8.18. The molecule has 24 heavy (non-hydrogen) atoms. The lowest BCUT2D eigenvalue weighted by molar-refractivity contribution is -0.274. The standard InChI is InChI=1S/C15H14F3NO3S2/c16-15(17,18)22-11-4-1-5-12(10-11)24(20,21)19-8-2-6-13(19)14-7-3-9-23-14/h1,3-5,7,9-10,13H,2,6,8H2. The minimum absolute atomic E-state index is 0.201. The van der Waals surface area contributed by atoms with Crippen molar-refractivity contribution in [2.45, 2.75) is 30.1 Å². The first-order valence-corrected chi connectivity index (χ1v) is 9.50. The fourth-order valence-corrected chi connectivity index (χ4v) is 5.41.